The van der Waals surface area contributed by atoms with Crippen LogP contribution in [0.4, 0.5) is 0 Å². The molecule has 0 aromatic rings. The average molecular weight is 437 g/mol. The molecule has 0 unspecified atom stereocenters. The first-order valence-corrected chi connectivity index (χ1v) is 12.7. The van der Waals surface area contributed by atoms with Crippen molar-refractivity contribution in [3.05, 3.63) is 0 Å². The van der Waals surface area contributed by atoms with Crippen LogP contribution in [0.5, 0.6) is 0 Å². The van der Waals surface area contributed by atoms with Crippen LogP contribution in [-0.4, -0.2) is 60.9 Å². The lowest BCUT2D eigenvalue weighted by molar-refractivity contribution is -0.260. The summed E-state index contributed by atoms with van der Waals surface area (Å²) in [6, 6.07) is 0. The molecule has 0 aromatic carbocycles. The second kappa shape index (κ2) is 7.13. The van der Waals surface area contributed by atoms with Crippen molar-refractivity contribution >= 4 is 0 Å². The Labute approximate surface area is 186 Å². The molecule has 6 nitrogen and oxygen atoms in total. The van der Waals surface area contributed by atoms with Crippen LogP contribution in [0, 0.1) is 40.4 Å². The summed E-state index contributed by atoms with van der Waals surface area (Å²) in [6.45, 7) is 7.29. The molecule has 8 atom stereocenters. The predicted molar refractivity (Wildman–Crippen MR) is 113 cm³/mol. The fourth-order valence-corrected chi connectivity index (χ4v) is 9.68. The Hall–Kier alpha value is -0.240. The van der Waals surface area contributed by atoms with E-state index in [1.807, 2.05) is 0 Å². The SMILES string of the molecule is CC1([C@@H]2CC[C@@H]3[C@@H]4CC[C@H]5CC6(CC[C@]5(C)[C@@H]4[C@H](O)C[C@]32CO)OCCO6)OCCO1. The van der Waals surface area contributed by atoms with Gasteiger partial charge in [0.25, 0.3) is 0 Å². The van der Waals surface area contributed by atoms with Crippen molar-refractivity contribution in [1.82, 2.24) is 0 Å². The summed E-state index contributed by atoms with van der Waals surface area (Å²) < 4.78 is 24.3. The summed E-state index contributed by atoms with van der Waals surface area (Å²) in [4.78, 5) is 0. The lowest BCUT2D eigenvalue weighted by atomic mass is 9.43. The average Bonchev–Trinajstić information content (AvgIpc) is 3.48. The molecule has 4 saturated carbocycles. The molecule has 2 aliphatic heterocycles. The lowest BCUT2D eigenvalue weighted by Gasteiger charge is -2.63. The Morgan fingerprint density at radius 3 is 2.26 bits per heavy atom. The van der Waals surface area contributed by atoms with Gasteiger partial charge >= 0.3 is 0 Å². The molecule has 6 fully saturated rings. The zero-order valence-electron chi connectivity index (χ0n) is 19.2. The van der Waals surface area contributed by atoms with E-state index in [2.05, 4.69) is 13.8 Å². The molecule has 2 N–H and O–H groups in total. The molecule has 0 aromatic heterocycles. The van der Waals surface area contributed by atoms with Crippen molar-refractivity contribution in [3.63, 3.8) is 0 Å². The van der Waals surface area contributed by atoms with Crippen LogP contribution in [-0.2, 0) is 18.9 Å². The Morgan fingerprint density at radius 2 is 1.55 bits per heavy atom. The number of rotatable bonds is 2. The smallest absolute Gasteiger partial charge is 0.169 e. The summed E-state index contributed by atoms with van der Waals surface area (Å²) in [5.41, 5.74) is -0.177. The van der Waals surface area contributed by atoms with E-state index in [1.54, 1.807) is 0 Å². The van der Waals surface area contributed by atoms with Gasteiger partial charge in [-0.15, -0.1) is 0 Å². The number of aliphatic hydroxyl groups excluding tert-OH is 2. The van der Waals surface area contributed by atoms with E-state index < -0.39 is 5.79 Å². The van der Waals surface area contributed by atoms with Gasteiger partial charge in [0, 0.05) is 30.8 Å². The van der Waals surface area contributed by atoms with Crippen molar-refractivity contribution in [1.29, 1.82) is 0 Å². The van der Waals surface area contributed by atoms with Gasteiger partial charge in [-0.1, -0.05) is 6.92 Å². The second-order valence-corrected chi connectivity index (χ2v) is 11.9. The molecule has 6 aliphatic rings. The van der Waals surface area contributed by atoms with Crippen LogP contribution in [0.1, 0.15) is 65.2 Å². The minimum Gasteiger partial charge on any atom is -0.396 e. The Kier molecular flexibility index (Phi) is 4.90. The van der Waals surface area contributed by atoms with Crippen LogP contribution in [0.15, 0.2) is 0 Å². The topological polar surface area (TPSA) is 77.4 Å². The van der Waals surface area contributed by atoms with Crippen molar-refractivity contribution in [3.8, 4) is 0 Å². The van der Waals surface area contributed by atoms with Crippen LogP contribution in [0.25, 0.3) is 0 Å². The summed E-state index contributed by atoms with van der Waals surface area (Å²) in [6.07, 6.45) is 7.69. The fourth-order valence-electron chi connectivity index (χ4n) is 9.68. The summed E-state index contributed by atoms with van der Waals surface area (Å²) in [5, 5.41) is 22.5. The summed E-state index contributed by atoms with van der Waals surface area (Å²) in [7, 11) is 0. The minimum atomic E-state index is -0.625. The molecule has 4 aliphatic carbocycles. The molecule has 6 heteroatoms. The molecular formula is C25H40O6. The van der Waals surface area contributed by atoms with Crippen LogP contribution < -0.4 is 0 Å². The van der Waals surface area contributed by atoms with E-state index in [0.29, 0.717) is 56.5 Å². The molecule has 2 saturated heterocycles. The van der Waals surface area contributed by atoms with Crippen molar-refractivity contribution in [2.24, 2.45) is 40.4 Å². The highest BCUT2D eigenvalue weighted by atomic mass is 16.7. The number of ether oxygens (including phenoxy) is 4. The quantitative estimate of drug-likeness (QED) is 0.693. The standard InChI is InChI=1S/C25H40O6/c1-22-7-8-25(30-11-12-31-25)13-16(22)3-4-17-18-5-6-20(23(2)28-9-10-29-23)24(18,15-26)14-19(27)21(17)22/h16-21,26-27H,3-15H2,1-2H3/t16-,17-,18+,19+,20-,21-,22-,24-/m0/s1. The maximum absolute atomic E-state index is 11.7. The first kappa shape index (κ1) is 21.3. The third-order valence-electron chi connectivity index (χ3n) is 10.9. The van der Waals surface area contributed by atoms with Crippen LogP contribution in [0.2, 0.25) is 0 Å². The normalized spacial score (nSPS) is 52.6. The van der Waals surface area contributed by atoms with E-state index in [0.717, 1.165) is 38.5 Å². The Bertz CT molecular complexity index is 700. The largest absolute Gasteiger partial charge is 0.396 e. The van der Waals surface area contributed by atoms with Gasteiger partial charge in [-0.2, -0.15) is 0 Å². The van der Waals surface area contributed by atoms with Gasteiger partial charge in [0.1, 0.15) is 0 Å². The lowest BCUT2D eigenvalue weighted by Crippen LogP contribution is -2.62. The van der Waals surface area contributed by atoms with Crippen LogP contribution in [0.3, 0.4) is 0 Å². The fraction of sp³-hybridized carbons (Fsp3) is 1.00. The van der Waals surface area contributed by atoms with E-state index in [4.69, 9.17) is 18.9 Å². The van der Waals surface area contributed by atoms with Crippen LogP contribution >= 0.6 is 0 Å². The minimum absolute atomic E-state index is 0.118. The summed E-state index contributed by atoms with van der Waals surface area (Å²) in [5.74, 6) is 0.892. The summed E-state index contributed by atoms with van der Waals surface area (Å²) >= 11 is 0. The molecule has 1 spiro atoms. The molecule has 31 heavy (non-hydrogen) atoms. The van der Waals surface area contributed by atoms with Gasteiger partial charge in [0.15, 0.2) is 11.6 Å². The first-order valence-electron chi connectivity index (χ1n) is 12.7. The number of aliphatic hydroxyl groups is 2. The zero-order valence-corrected chi connectivity index (χ0v) is 19.2. The third-order valence-corrected chi connectivity index (χ3v) is 10.9. The molecule has 176 valence electrons. The molecule has 0 radical (unpaired) electrons. The Morgan fingerprint density at radius 1 is 0.839 bits per heavy atom. The van der Waals surface area contributed by atoms with E-state index in [9.17, 15) is 10.2 Å². The molecule has 0 amide bonds. The van der Waals surface area contributed by atoms with Gasteiger partial charge in [0.2, 0.25) is 0 Å². The first-order chi connectivity index (χ1) is 14.9. The van der Waals surface area contributed by atoms with Gasteiger partial charge in [-0.05, 0) is 74.5 Å². The number of hydrogen-bond donors (Lipinski definition) is 2. The van der Waals surface area contributed by atoms with E-state index >= 15 is 0 Å². The maximum Gasteiger partial charge on any atom is 0.169 e. The van der Waals surface area contributed by atoms with Crippen molar-refractivity contribution in [2.75, 3.05) is 33.0 Å². The maximum atomic E-state index is 11.7. The molecule has 2 heterocycles. The number of hydrogen-bond acceptors (Lipinski definition) is 6. The highest BCUT2D eigenvalue weighted by Gasteiger charge is 2.68. The Balaban J connectivity index is 1.30. The number of fused-ring (bicyclic) bond motifs is 5. The highest BCUT2D eigenvalue weighted by molar-refractivity contribution is 5.15. The van der Waals surface area contributed by atoms with Gasteiger partial charge in [-0.3, -0.25) is 0 Å². The van der Waals surface area contributed by atoms with E-state index in [-0.39, 0.29) is 35.2 Å². The molecular weight excluding hydrogens is 396 g/mol. The predicted octanol–water partition coefficient (Wildman–Crippen LogP) is 3.09. The monoisotopic (exact) mass is 436 g/mol. The van der Waals surface area contributed by atoms with Crippen molar-refractivity contribution < 1.29 is 29.2 Å². The van der Waals surface area contributed by atoms with Crippen molar-refractivity contribution in [2.45, 2.75) is 82.9 Å². The second-order valence-electron chi connectivity index (χ2n) is 11.9. The third kappa shape index (κ3) is 2.85. The van der Waals surface area contributed by atoms with Gasteiger partial charge in [-0.25, -0.2) is 0 Å². The van der Waals surface area contributed by atoms with Gasteiger partial charge < -0.3 is 29.2 Å². The van der Waals surface area contributed by atoms with E-state index in [1.165, 1.54) is 6.42 Å². The highest BCUT2D eigenvalue weighted by Crippen LogP contribution is 2.69. The van der Waals surface area contributed by atoms with Gasteiger partial charge in [0.05, 0.1) is 32.5 Å². The zero-order chi connectivity index (χ0) is 21.5. The molecule has 6 rings (SSSR count). The molecule has 0 bridgehead atoms.